The molecular formula is C7H13Br3O. The van der Waals surface area contributed by atoms with E-state index in [1.54, 1.807) is 0 Å². The molecule has 0 fully saturated rings. The quantitative estimate of drug-likeness (QED) is 0.590. The molecule has 0 saturated heterocycles. The van der Waals surface area contributed by atoms with Gasteiger partial charge in [0, 0.05) is 0 Å². The second-order valence-electron chi connectivity index (χ2n) is 2.55. The lowest BCUT2D eigenvalue weighted by atomic mass is 10.2. The summed E-state index contributed by atoms with van der Waals surface area (Å²) in [7, 11) is 0. The van der Waals surface area contributed by atoms with E-state index in [0.717, 1.165) is 12.8 Å². The van der Waals surface area contributed by atoms with Crippen LogP contribution in [0.15, 0.2) is 0 Å². The van der Waals surface area contributed by atoms with Gasteiger partial charge in [0.2, 0.25) is 0 Å². The van der Waals surface area contributed by atoms with Crippen LogP contribution in [0.5, 0.6) is 0 Å². The van der Waals surface area contributed by atoms with Crippen LogP contribution in [0.1, 0.15) is 32.6 Å². The summed E-state index contributed by atoms with van der Waals surface area (Å²) in [6.45, 7) is 2.16. The van der Waals surface area contributed by atoms with Crippen molar-refractivity contribution < 1.29 is 5.11 Å². The van der Waals surface area contributed by atoms with Crippen LogP contribution >= 0.6 is 47.8 Å². The van der Waals surface area contributed by atoms with Gasteiger partial charge in [-0.25, -0.2) is 0 Å². The maximum absolute atomic E-state index is 9.37. The molecule has 0 aromatic carbocycles. The molecule has 1 nitrogen and oxygen atoms in total. The van der Waals surface area contributed by atoms with E-state index in [2.05, 4.69) is 54.7 Å². The molecule has 0 aliphatic rings. The van der Waals surface area contributed by atoms with E-state index in [1.807, 2.05) is 0 Å². The largest absolute Gasteiger partial charge is 0.368 e. The van der Waals surface area contributed by atoms with Crippen LogP contribution in [0.2, 0.25) is 0 Å². The minimum atomic E-state index is -0.951. The molecule has 0 saturated carbocycles. The number of rotatable bonds is 5. The number of halogens is 3. The van der Waals surface area contributed by atoms with Gasteiger partial charge in [-0.2, -0.15) is 0 Å². The Balaban J connectivity index is 3.44. The lowest BCUT2D eigenvalue weighted by molar-refractivity contribution is 0.237. The molecule has 0 bridgehead atoms. The Morgan fingerprint density at radius 1 is 1.36 bits per heavy atom. The SMILES string of the molecule is CCCCCC(Br)C(O)(Br)Br. The summed E-state index contributed by atoms with van der Waals surface area (Å²) in [5.74, 6) is 0. The lowest BCUT2D eigenvalue weighted by Gasteiger charge is -2.19. The van der Waals surface area contributed by atoms with Crippen molar-refractivity contribution in [3.63, 3.8) is 0 Å². The second kappa shape index (κ2) is 5.95. The van der Waals surface area contributed by atoms with Crippen LogP contribution in [0.4, 0.5) is 0 Å². The van der Waals surface area contributed by atoms with E-state index in [4.69, 9.17) is 0 Å². The molecule has 1 unspecified atom stereocenters. The molecule has 0 spiro atoms. The van der Waals surface area contributed by atoms with Crippen LogP contribution in [-0.2, 0) is 0 Å². The van der Waals surface area contributed by atoms with Crippen LogP contribution in [-0.4, -0.2) is 13.4 Å². The van der Waals surface area contributed by atoms with Crippen molar-refractivity contribution in [2.24, 2.45) is 0 Å². The molecule has 0 amide bonds. The van der Waals surface area contributed by atoms with Crippen molar-refractivity contribution in [2.75, 3.05) is 0 Å². The minimum Gasteiger partial charge on any atom is -0.368 e. The van der Waals surface area contributed by atoms with Crippen LogP contribution in [0.3, 0.4) is 0 Å². The van der Waals surface area contributed by atoms with Gasteiger partial charge in [-0.1, -0.05) is 42.1 Å². The number of hydrogen-bond acceptors (Lipinski definition) is 1. The van der Waals surface area contributed by atoms with Gasteiger partial charge in [0.15, 0.2) is 3.42 Å². The molecule has 11 heavy (non-hydrogen) atoms. The predicted molar refractivity (Wildman–Crippen MR) is 59.7 cm³/mol. The zero-order valence-corrected chi connectivity index (χ0v) is 11.2. The first-order chi connectivity index (χ1) is 4.98. The van der Waals surface area contributed by atoms with Crippen molar-refractivity contribution in [3.05, 3.63) is 0 Å². The first kappa shape index (κ1) is 12.4. The first-order valence-corrected chi connectivity index (χ1v) is 6.23. The summed E-state index contributed by atoms with van der Waals surface area (Å²) in [6, 6.07) is 0. The molecule has 68 valence electrons. The fourth-order valence-corrected chi connectivity index (χ4v) is 1.53. The highest BCUT2D eigenvalue weighted by Gasteiger charge is 2.27. The molecule has 0 aromatic rings. The summed E-state index contributed by atoms with van der Waals surface area (Å²) in [5, 5.41) is 9.37. The number of alkyl halides is 3. The van der Waals surface area contributed by atoms with E-state index < -0.39 is 3.42 Å². The van der Waals surface area contributed by atoms with E-state index in [9.17, 15) is 5.11 Å². The zero-order valence-electron chi connectivity index (χ0n) is 6.49. The topological polar surface area (TPSA) is 20.2 Å². The fraction of sp³-hybridized carbons (Fsp3) is 1.00. The first-order valence-electron chi connectivity index (χ1n) is 3.72. The minimum absolute atomic E-state index is 0.0709. The normalized spacial score (nSPS) is 15.0. The van der Waals surface area contributed by atoms with Crippen molar-refractivity contribution in [3.8, 4) is 0 Å². The van der Waals surface area contributed by atoms with Crippen molar-refractivity contribution >= 4 is 47.8 Å². The Morgan fingerprint density at radius 2 is 1.91 bits per heavy atom. The van der Waals surface area contributed by atoms with Gasteiger partial charge in [0.25, 0.3) is 0 Å². The monoisotopic (exact) mass is 350 g/mol. The summed E-state index contributed by atoms with van der Waals surface area (Å²) in [6.07, 6.45) is 4.55. The van der Waals surface area contributed by atoms with Crippen LogP contribution < -0.4 is 0 Å². The molecule has 1 atom stereocenters. The van der Waals surface area contributed by atoms with Crippen molar-refractivity contribution in [1.29, 1.82) is 0 Å². The standard InChI is InChI=1S/C7H13Br3O/c1-2-3-4-5-6(8)7(9,10)11/h6,11H,2-5H2,1H3. The maximum atomic E-state index is 9.37. The lowest BCUT2D eigenvalue weighted by Crippen LogP contribution is -2.23. The molecule has 0 heterocycles. The highest BCUT2D eigenvalue weighted by molar-refractivity contribution is 9.26. The van der Waals surface area contributed by atoms with E-state index >= 15 is 0 Å². The predicted octanol–water partition coefficient (Wildman–Crippen LogP) is 3.77. The van der Waals surface area contributed by atoms with E-state index in [0.29, 0.717) is 0 Å². The molecule has 0 aliphatic heterocycles. The number of unbranched alkanes of at least 4 members (excludes halogenated alkanes) is 2. The molecule has 0 aliphatic carbocycles. The van der Waals surface area contributed by atoms with Gasteiger partial charge in [0.1, 0.15) is 0 Å². The number of aliphatic hydroxyl groups is 1. The molecule has 1 N–H and O–H groups in total. The summed E-state index contributed by atoms with van der Waals surface area (Å²) in [5.41, 5.74) is 0. The molecule has 0 rings (SSSR count). The van der Waals surface area contributed by atoms with E-state index in [1.165, 1.54) is 12.8 Å². The summed E-state index contributed by atoms with van der Waals surface area (Å²) in [4.78, 5) is 0.0709. The Morgan fingerprint density at radius 3 is 2.27 bits per heavy atom. The number of hydrogen-bond donors (Lipinski definition) is 1. The van der Waals surface area contributed by atoms with Gasteiger partial charge in [0.05, 0.1) is 4.83 Å². The second-order valence-corrected chi connectivity index (χ2v) is 7.14. The third kappa shape index (κ3) is 6.55. The highest BCUT2D eigenvalue weighted by atomic mass is 79.9. The Bertz CT molecular complexity index is 100. The van der Waals surface area contributed by atoms with Crippen molar-refractivity contribution in [2.45, 2.75) is 40.9 Å². The average Bonchev–Trinajstić information content (AvgIpc) is 1.86. The van der Waals surface area contributed by atoms with Gasteiger partial charge in [-0.05, 0) is 38.3 Å². The molecule has 0 aromatic heterocycles. The fourth-order valence-electron chi connectivity index (χ4n) is 0.747. The zero-order chi connectivity index (χ0) is 8.91. The average molecular weight is 353 g/mol. The van der Waals surface area contributed by atoms with Gasteiger partial charge in [-0.3, -0.25) is 0 Å². The van der Waals surface area contributed by atoms with Gasteiger partial charge < -0.3 is 5.11 Å². The van der Waals surface area contributed by atoms with E-state index in [-0.39, 0.29) is 4.83 Å². The van der Waals surface area contributed by atoms with Crippen molar-refractivity contribution in [1.82, 2.24) is 0 Å². The summed E-state index contributed by atoms with van der Waals surface area (Å²) >= 11 is 9.63. The van der Waals surface area contributed by atoms with Crippen LogP contribution in [0, 0.1) is 0 Å². The Labute approximate surface area is 93.3 Å². The Kier molecular flexibility index (Phi) is 6.70. The van der Waals surface area contributed by atoms with Gasteiger partial charge in [-0.15, -0.1) is 0 Å². The van der Waals surface area contributed by atoms with Crippen LogP contribution in [0.25, 0.3) is 0 Å². The third-order valence-corrected chi connectivity index (χ3v) is 4.89. The summed E-state index contributed by atoms with van der Waals surface area (Å²) < 4.78 is -0.951. The smallest absolute Gasteiger partial charge is 0.187 e. The maximum Gasteiger partial charge on any atom is 0.187 e. The molecule has 4 heteroatoms. The van der Waals surface area contributed by atoms with Gasteiger partial charge >= 0.3 is 0 Å². The molecule has 0 radical (unpaired) electrons. The molecular weight excluding hydrogens is 340 g/mol. The highest BCUT2D eigenvalue weighted by Crippen LogP contribution is 2.34. The third-order valence-electron chi connectivity index (χ3n) is 1.44. The Hall–Kier alpha value is 1.40.